The quantitative estimate of drug-likeness (QED) is 0.652. The minimum atomic E-state index is -2.93. The first-order valence-corrected chi connectivity index (χ1v) is 7.92. The molecule has 1 unspecified atom stereocenters. The zero-order chi connectivity index (χ0) is 11.5. The smallest absolute Gasteiger partial charge is 0.319 e. The van der Waals surface area contributed by atoms with Crippen LogP contribution in [0, 0.1) is 5.92 Å². The highest BCUT2D eigenvalue weighted by atomic mass is 32.2. The van der Waals surface area contributed by atoms with Crippen LogP contribution in [0.4, 0.5) is 0 Å². The number of carbonyl (C=O) groups excluding carboxylic acids is 1. The van der Waals surface area contributed by atoms with E-state index in [-0.39, 0.29) is 17.0 Å². The van der Waals surface area contributed by atoms with E-state index in [1.807, 2.05) is 0 Å². The lowest BCUT2D eigenvalue weighted by molar-refractivity contribution is -0.140. The second-order valence-corrected chi connectivity index (χ2v) is 7.29. The SMILES string of the molecule is COC(=O)C(SCCS(C)(=O)=O)C1CC1. The third-order valence-corrected chi connectivity index (χ3v) is 4.82. The summed E-state index contributed by atoms with van der Waals surface area (Å²) in [5.74, 6) is 0.755. The highest BCUT2D eigenvalue weighted by molar-refractivity contribution is 8.01. The van der Waals surface area contributed by atoms with Gasteiger partial charge in [0.25, 0.3) is 0 Å². The lowest BCUT2D eigenvalue weighted by Gasteiger charge is -2.12. The summed E-state index contributed by atoms with van der Waals surface area (Å²) in [5.41, 5.74) is 0. The first-order chi connectivity index (χ1) is 6.94. The summed E-state index contributed by atoms with van der Waals surface area (Å²) in [4.78, 5) is 11.4. The molecule has 1 saturated carbocycles. The number of esters is 1. The maximum absolute atomic E-state index is 11.4. The van der Waals surface area contributed by atoms with Crippen LogP contribution < -0.4 is 0 Å². The normalized spacial score (nSPS) is 18.5. The Kier molecular flexibility index (Phi) is 4.45. The Balaban J connectivity index is 2.36. The number of thioether (sulfide) groups is 1. The Labute approximate surface area is 94.7 Å². The van der Waals surface area contributed by atoms with Crippen LogP contribution in [-0.2, 0) is 19.4 Å². The summed E-state index contributed by atoms with van der Waals surface area (Å²) in [6, 6.07) is 0. The molecule has 88 valence electrons. The fraction of sp³-hybridized carbons (Fsp3) is 0.889. The molecular formula is C9H16O4S2. The number of rotatable bonds is 6. The van der Waals surface area contributed by atoms with Gasteiger partial charge in [-0.15, -0.1) is 11.8 Å². The third kappa shape index (κ3) is 4.88. The highest BCUT2D eigenvalue weighted by Crippen LogP contribution is 2.39. The van der Waals surface area contributed by atoms with Gasteiger partial charge in [-0.25, -0.2) is 8.42 Å². The molecular weight excluding hydrogens is 236 g/mol. The first kappa shape index (κ1) is 12.8. The van der Waals surface area contributed by atoms with E-state index in [1.165, 1.54) is 25.1 Å². The van der Waals surface area contributed by atoms with Gasteiger partial charge in [0.15, 0.2) is 0 Å². The van der Waals surface area contributed by atoms with Gasteiger partial charge in [0.1, 0.15) is 15.1 Å². The summed E-state index contributed by atoms with van der Waals surface area (Å²) in [5, 5.41) is -0.170. The highest BCUT2D eigenvalue weighted by Gasteiger charge is 2.37. The number of hydrogen-bond donors (Lipinski definition) is 0. The molecule has 0 N–H and O–H groups in total. The Morgan fingerprint density at radius 2 is 2.13 bits per heavy atom. The van der Waals surface area contributed by atoms with Gasteiger partial charge in [-0.05, 0) is 18.8 Å². The Hall–Kier alpha value is -0.230. The van der Waals surface area contributed by atoms with Gasteiger partial charge in [0, 0.05) is 12.0 Å². The maximum atomic E-state index is 11.4. The van der Waals surface area contributed by atoms with Crippen molar-refractivity contribution in [1.82, 2.24) is 0 Å². The standard InChI is InChI=1S/C9H16O4S2/c1-13-9(10)8(7-3-4-7)14-5-6-15(2,11)12/h7-8H,3-6H2,1-2H3. The van der Waals surface area contributed by atoms with Crippen molar-refractivity contribution in [2.75, 3.05) is 24.9 Å². The van der Waals surface area contributed by atoms with E-state index in [4.69, 9.17) is 0 Å². The summed E-state index contributed by atoms with van der Waals surface area (Å²) in [6.45, 7) is 0. The van der Waals surface area contributed by atoms with Gasteiger partial charge in [-0.3, -0.25) is 4.79 Å². The average molecular weight is 252 g/mol. The van der Waals surface area contributed by atoms with E-state index in [0.717, 1.165) is 12.8 Å². The molecule has 1 aliphatic carbocycles. The zero-order valence-electron chi connectivity index (χ0n) is 8.93. The molecule has 0 saturated heterocycles. The summed E-state index contributed by atoms with van der Waals surface area (Å²) in [6.07, 6.45) is 3.30. The molecule has 1 fully saturated rings. The predicted molar refractivity (Wildman–Crippen MR) is 60.7 cm³/mol. The molecule has 1 rings (SSSR count). The van der Waals surface area contributed by atoms with E-state index in [2.05, 4.69) is 4.74 Å². The topological polar surface area (TPSA) is 60.4 Å². The van der Waals surface area contributed by atoms with Gasteiger partial charge in [0.05, 0.1) is 12.9 Å². The zero-order valence-corrected chi connectivity index (χ0v) is 10.6. The molecule has 0 aliphatic heterocycles. The summed E-state index contributed by atoms with van der Waals surface area (Å²) < 4.78 is 26.5. The first-order valence-electron chi connectivity index (χ1n) is 4.81. The van der Waals surface area contributed by atoms with Crippen molar-refractivity contribution >= 4 is 27.6 Å². The molecule has 0 spiro atoms. The second-order valence-electron chi connectivity index (χ2n) is 3.78. The molecule has 0 bridgehead atoms. The number of carbonyl (C=O) groups is 1. The number of hydrogen-bond acceptors (Lipinski definition) is 5. The maximum Gasteiger partial charge on any atom is 0.319 e. The molecule has 0 aromatic carbocycles. The number of sulfone groups is 1. The van der Waals surface area contributed by atoms with Crippen molar-refractivity contribution in [1.29, 1.82) is 0 Å². The van der Waals surface area contributed by atoms with Crippen LogP contribution in [0.5, 0.6) is 0 Å². The van der Waals surface area contributed by atoms with E-state index in [0.29, 0.717) is 11.7 Å². The number of ether oxygens (including phenoxy) is 1. The van der Waals surface area contributed by atoms with Crippen LogP contribution in [0.1, 0.15) is 12.8 Å². The van der Waals surface area contributed by atoms with Crippen LogP contribution in [0.15, 0.2) is 0 Å². The number of methoxy groups -OCH3 is 1. The van der Waals surface area contributed by atoms with E-state index >= 15 is 0 Å². The van der Waals surface area contributed by atoms with Crippen molar-refractivity contribution in [2.45, 2.75) is 18.1 Å². The second kappa shape index (κ2) is 5.21. The van der Waals surface area contributed by atoms with Crippen molar-refractivity contribution in [2.24, 2.45) is 5.92 Å². The van der Waals surface area contributed by atoms with Crippen LogP contribution in [-0.4, -0.2) is 44.5 Å². The third-order valence-electron chi connectivity index (χ3n) is 2.24. The van der Waals surface area contributed by atoms with E-state index in [1.54, 1.807) is 0 Å². The van der Waals surface area contributed by atoms with Crippen LogP contribution >= 0.6 is 11.8 Å². The van der Waals surface area contributed by atoms with Crippen molar-refractivity contribution in [3.63, 3.8) is 0 Å². The Bertz CT molecular complexity index is 319. The Morgan fingerprint density at radius 3 is 2.53 bits per heavy atom. The van der Waals surface area contributed by atoms with Crippen LogP contribution in [0.3, 0.4) is 0 Å². The molecule has 0 aromatic rings. The molecule has 15 heavy (non-hydrogen) atoms. The minimum absolute atomic E-state index is 0.123. The molecule has 0 radical (unpaired) electrons. The molecule has 1 aliphatic rings. The predicted octanol–water partition coefficient (Wildman–Crippen LogP) is 0.716. The molecule has 4 nitrogen and oxygen atoms in total. The van der Waals surface area contributed by atoms with Crippen LogP contribution in [0.25, 0.3) is 0 Å². The lowest BCUT2D eigenvalue weighted by Crippen LogP contribution is -2.22. The summed E-state index contributed by atoms with van der Waals surface area (Å²) >= 11 is 1.40. The molecule has 1 atom stereocenters. The van der Waals surface area contributed by atoms with Gasteiger partial charge in [0.2, 0.25) is 0 Å². The van der Waals surface area contributed by atoms with Gasteiger partial charge >= 0.3 is 5.97 Å². The molecule has 0 heterocycles. The fourth-order valence-electron chi connectivity index (χ4n) is 1.24. The monoisotopic (exact) mass is 252 g/mol. The van der Waals surface area contributed by atoms with Crippen LogP contribution in [0.2, 0.25) is 0 Å². The van der Waals surface area contributed by atoms with Gasteiger partial charge in [-0.1, -0.05) is 0 Å². The van der Waals surface area contributed by atoms with E-state index < -0.39 is 9.84 Å². The average Bonchev–Trinajstić information content (AvgIpc) is 2.93. The summed E-state index contributed by atoms with van der Waals surface area (Å²) in [7, 11) is -1.56. The lowest BCUT2D eigenvalue weighted by atomic mass is 10.3. The Morgan fingerprint density at radius 1 is 1.53 bits per heavy atom. The molecule has 0 aromatic heterocycles. The van der Waals surface area contributed by atoms with Crippen molar-refractivity contribution in [3.05, 3.63) is 0 Å². The fourth-order valence-corrected chi connectivity index (χ4v) is 3.86. The van der Waals surface area contributed by atoms with Crippen molar-refractivity contribution < 1.29 is 17.9 Å². The van der Waals surface area contributed by atoms with E-state index in [9.17, 15) is 13.2 Å². The van der Waals surface area contributed by atoms with Crippen molar-refractivity contribution in [3.8, 4) is 0 Å². The van der Waals surface area contributed by atoms with Gasteiger partial charge < -0.3 is 4.74 Å². The molecule has 0 amide bonds. The van der Waals surface area contributed by atoms with Gasteiger partial charge in [-0.2, -0.15) is 0 Å². The minimum Gasteiger partial charge on any atom is -0.468 e. The largest absolute Gasteiger partial charge is 0.468 e. The molecule has 6 heteroatoms.